The van der Waals surface area contributed by atoms with Gasteiger partial charge in [-0.25, -0.2) is 9.82 Å². The Morgan fingerprint density at radius 3 is 2.35 bits per heavy atom. The van der Waals surface area contributed by atoms with Gasteiger partial charge in [0.1, 0.15) is 5.82 Å². The van der Waals surface area contributed by atoms with Crippen molar-refractivity contribution in [3.8, 4) is 0 Å². The number of halogens is 2. The quantitative estimate of drug-likeness (QED) is 0.649. The Hall–Kier alpha value is -1.42. The third kappa shape index (κ3) is 2.64. The SMILES string of the molecule is NNC(c1ccccc1)c1ccc(F)c(Cl)c1. The lowest BCUT2D eigenvalue weighted by atomic mass is 9.99. The lowest BCUT2D eigenvalue weighted by Gasteiger charge is -2.17. The Morgan fingerprint density at radius 2 is 1.76 bits per heavy atom. The van der Waals surface area contributed by atoms with Crippen LogP contribution in [0.5, 0.6) is 0 Å². The molecular formula is C13H12ClFN2. The largest absolute Gasteiger partial charge is 0.271 e. The molecular weight excluding hydrogens is 239 g/mol. The average Bonchev–Trinajstić information content (AvgIpc) is 2.36. The van der Waals surface area contributed by atoms with Gasteiger partial charge in [0.2, 0.25) is 0 Å². The molecule has 17 heavy (non-hydrogen) atoms. The molecule has 2 rings (SSSR count). The minimum Gasteiger partial charge on any atom is -0.271 e. The van der Waals surface area contributed by atoms with E-state index in [9.17, 15) is 4.39 Å². The van der Waals surface area contributed by atoms with Crippen molar-refractivity contribution in [3.63, 3.8) is 0 Å². The maximum Gasteiger partial charge on any atom is 0.141 e. The smallest absolute Gasteiger partial charge is 0.141 e. The Bertz CT molecular complexity index is 502. The molecule has 0 spiro atoms. The van der Waals surface area contributed by atoms with E-state index in [1.165, 1.54) is 6.07 Å². The van der Waals surface area contributed by atoms with E-state index in [1.54, 1.807) is 12.1 Å². The molecule has 0 bridgehead atoms. The van der Waals surface area contributed by atoms with Gasteiger partial charge in [-0.15, -0.1) is 0 Å². The normalized spacial score (nSPS) is 12.4. The van der Waals surface area contributed by atoms with Crippen LogP contribution in [-0.4, -0.2) is 0 Å². The summed E-state index contributed by atoms with van der Waals surface area (Å²) in [4.78, 5) is 0. The molecule has 0 aliphatic carbocycles. The standard InChI is InChI=1S/C13H12ClFN2/c14-11-8-10(6-7-12(11)15)13(17-16)9-4-2-1-3-5-9/h1-8,13,17H,16H2. The summed E-state index contributed by atoms with van der Waals surface area (Å²) in [5.41, 5.74) is 4.52. The Labute approximate surface area is 104 Å². The third-order valence-corrected chi connectivity index (χ3v) is 2.87. The molecule has 1 atom stereocenters. The summed E-state index contributed by atoms with van der Waals surface area (Å²) in [6, 6.07) is 14.0. The number of nitrogens with two attached hydrogens (primary N) is 1. The molecule has 0 aromatic heterocycles. The maximum atomic E-state index is 13.1. The number of hydrogen-bond acceptors (Lipinski definition) is 2. The van der Waals surface area contributed by atoms with E-state index < -0.39 is 5.82 Å². The molecule has 0 fully saturated rings. The van der Waals surface area contributed by atoms with Crippen LogP contribution >= 0.6 is 11.6 Å². The van der Waals surface area contributed by atoms with Crippen LogP contribution in [0.1, 0.15) is 17.2 Å². The van der Waals surface area contributed by atoms with E-state index >= 15 is 0 Å². The summed E-state index contributed by atoms with van der Waals surface area (Å²) in [7, 11) is 0. The molecule has 2 nitrogen and oxygen atoms in total. The van der Waals surface area contributed by atoms with E-state index in [1.807, 2.05) is 30.3 Å². The van der Waals surface area contributed by atoms with Crippen molar-refractivity contribution in [2.24, 2.45) is 5.84 Å². The van der Waals surface area contributed by atoms with E-state index in [0.29, 0.717) is 0 Å². The van der Waals surface area contributed by atoms with Crippen LogP contribution in [0.15, 0.2) is 48.5 Å². The molecule has 4 heteroatoms. The van der Waals surface area contributed by atoms with E-state index in [-0.39, 0.29) is 11.1 Å². The Balaban J connectivity index is 2.39. The van der Waals surface area contributed by atoms with Gasteiger partial charge >= 0.3 is 0 Å². The molecule has 3 N–H and O–H groups in total. The summed E-state index contributed by atoms with van der Waals surface area (Å²) >= 11 is 5.76. The first-order valence-electron chi connectivity index (χ1n) is 5.18. The van der Waals surface area contributed by atoms with Crippen molar-refractivity contribution in [3.05, 3.63) is 70.5 Å². The van der Waals surface area contributed by atoms with E-state index in [2.05, 4.69) is 5.43 Å². The second-order valence-electron chi connectivity index (χ2n) is 3.68. The molecule has 1 unspecified atom stereocenters. The van der Waals surface area contributed by atoms with Crippen LogP contribution in [0.25, 0.3) is 0 Å². The van der Waals surface area contributed by atoms with Gasteiger partial charge in [-0.05, 0) is 23.3 Å². The average molecular weight is 251 g/mol. The number of hydrogen-bond donors (Lipinski definition) is 2. The number of hydrazine groups is 1. The highest BCUT2D eigenvalue weighted by Crippen LogP contribution is 2.25. The van der Waals surface area contributed by atoms with Crippen LogP contribution < -0.4 is 11.3 Å². The zero-order chi connectivity index (χ0) is 12.3. The summed E-state index contributed by atoms with van der Waals surface area (Å²) in [6.07, 6.45) is 0. The van der Waals surface area contributed by atoms with E-state index in [4.69, 9.17) is 17.4 Å². The van der Waals surface area contributed by atoms with E-state index in [0.717, 1.165) is 11.1 Å². The molecule has 0 radical (unpaired) electrons. The predicted molar refractivity (Wildman–Crippen MR) is 67.0 cm³/mol. The fourth-order valence-electron chi connectivity index (χ4n) is 1.72. The van der Waals surface area contributed by atoms with Gasteiger partial charge in [0, 0.05) is 0 Å². The zero-order valence-corrected chi connectivity index (χ0v) is 9.79. The topological polar surface area (TPSA) is 38.0 Å². The van der Waals surface area contributed by atoms with Crippen molar-refractivity contribution in [2.75, 3.05) is 0 Å². The van der Waals surface area contributed by atoms with Gasteiger partial charge in [-0.3, -0.25) is 5.84 Å². The summed E-state index contributed by atoms with van der Waals surface area (Å²) in [5, 5.41) is 0.0960. The number of benzene rings is 2. The third-order valence-electron chi connectivity index (χ3n) is 2.58. The molecule has 0 amide bonds. The molecule has 0 aliphatic rings. The highest BCUT2D eigenvalue weighted by atomic mass is 35.5. The lowest BCUT2D eigenvalue weighted by Crippen LogP contribution is -2.28. The molecule has 0 aliphatic heterocycles. The highest BCUT2D eigenvalue weighted by molar-refractivity contribution is 6.30. The van der Waals surface area contributed by atoms with Crippen molar-refractivity contribution in [1.82, 2.24) is 5.43 Å². The van der Waals surface area contributed by atoms with Gasteiger partial charge in [-0.2, -0.15) is 0 Å². The van der Waals surface area contributed by atoms with Crippen molar-refractivity contribution < 1.29 is 4.39 Å². The van der Waals surface area contributed by atoms with Crippen LogP contribution in [-0.2, 0) is 0 Å². The first kappa shape index (κ1) is 12.0. The highest BCUT2D eigenvalue weighted by Gasteiger charge is 2.13. The van der Waals surface area contributed by atoms with Gasteiger partial charge in [-0.1, -0.05) is 48.0 Å². The van der Waals surface area contributed by atoms with Crippen LogP contribution in [0.2, 0.25) is 5.02 Å². The number of rotatable bonds is 3. The summed E-state index contributed by atoms with van der Waals surface area (Å²) in [6.45, 7) is 0. The Kier molecular flexibility index (Phi) is 3.74. The first-order chi connectivity index (χ1) is 8.22. The van der Waals surface area contributed by atoms with Gasteiger partial charge < -0.3 is 0 Å². The van der Waals surface area contributed by atoms with Gasteiger partial charge in [0.15, 0.2) is 0 Å². The fourth-order valence-corrected chi connectivity index (χ4v) is 1.91. The van der Waals surface area contributed by atoms with Crippen LogP contribution in [0, 0.1) is 5.82 Å². The van der Waals surface area contributed by atoms with Crippen molar-refractivity contribution in [1.29, 1.82) is 0 Å². The Morgan fingerprint density at radius 1 is 1.06 bits per heavy atom. The molecule has 0 heterocycles. The monoisotopic (exact) mass is 250 g/mol. The molecule has 88 valence electrons. The zero-order valence-electron chi connectivity index (χ0n) is 9.03. The second kappa shape index (κ2) is 5.27. The lowest BCUT2D eigenvalue weighted by molar-refractivity contribution is 0.616. The van der Waals surface area contributed by atoms with Gasteiger partial charge in [0.05, 0.1) is 11.1 Å². The van der Waals surface area contributed by atoms with Gasteiger partial charge in [0.25, 0.3) is 0 Å². The second-order valence-corrected chi connectivity index (χ2v) is 4.09. The molecule has 0 saturated carbocycles. The van der Waals surface area contributed by atoms with Crippen molar-refractivity contribution in [2.45, 2.75) is 6.04 Å². The maximum absolute atomic E-state index is 13.1. The molecule has 2 aromatic rings. The predicted octanol–water partition coefficient (Wildman–Crippen LogP) is 3.03. The van der Waals surface area contributed by atoms with Crippen molar-refractivity contribution >= 4 is 11.6 Å². The number of nitrogens with one attached hydrogen (secondary N) is 1. The van der Waals surface area contributed by atoms with Crippen LogP contribution in [0.4, 0.5) is 4.39 Å². The summed E-state index contributed by atoms with van der Waals surface area (Å²) in [5.74, 6) is 5.11. The molecule has 2 aromatic carbocycles. The first-order valence-corrected chi connectivity index (χ1v) is 5.56. The fraction of sp³-hybridized carbons (Fsp3) is 0.0769. The minimum absolute atomic E-state index is 0.0960. The molecule has 0 saturated heterocycles. The minimum atomic E-state index is -0.431. The summed E-state index contributed by atoms with van der Waals surface area (Å²) < 4.78 is 13.1. The van der Waals surface area contributed by atoms with Crippen LogP contribution in [0.3, 0.4) is 0 Å².